The summed E-state index contributed by atoms with van der Waals surface area (Å²) in [6, 6.07) is 16.5. The van der Waals surface area contributed by atoms with Gasteiger partial charge in [-0.25, -0.2) is 19.2 Å². The van der Waals surface area contributed by atoms with E-state index in [9.17, 15) is 4.79 Å². The fourth-order valence-electron chi connectivity index (χ4n) is 5.54. The predicted molar refractivity (Wildman–Crippen MR) is 185 cm³/mol. The zero-order chi connectivity index (χ0) is 35.9. The average Bonchev–Trinajstić information content (AvgIpc) is 3.04. The van der Waals surface area contributed by atoms with E-state index < -0.39 is 28.6 Å². The van der Waals surface area contributed by atoms with Gasteiger partial charge in [-0.1, -0.05) is 43.5 Å². The predicted octanol–water partition coefficient (Wildman–Crippen LogP) is 3.56. The number of hydrogen-bond donors (Lipinski definition) is 5. The molecule has 1 atom stereocenters. The first-order valence-electron chi connectivity index (χ1n) is 15.7. The van der Waals surface area contributed by atoms with Gasteiger partial charge in [0, 0.05) is 17.5 Å². The van der Waals surface area contributed by atoms with Gasteiger partial charge in [0.2, 0.25) is 5.91 Å². The lowest BCUT2D eigenvalue weighted by Gasteiger charge is -2.41. The molecular weight excluding hydrogens is 658 g/mol. The maximum atomic E-state index is 13.8. The van der Waals surface area contributed by atoms with E-state index in [1.807, 2.05) is 36.2 Å². The molecule has 1 unspecified atom stereocenters. The Morgan fingerprint density at radius 3 is 1.96 bits per heavy atom. The SMILES string of the molecule is CN(C)CCCC1(c2ccc(OCCCNC3(C)CCCCC3)cc2)Sc2ccccc2N(C)C1=O.O.O=C(O)C(=O)O.O=C(O)C(=O)O. The van der Waals surface area contributed by atoms with Crippen LogP contribution in [0.25, 0.3) is 0 Å². The smallest absolute Gasteiger partial charge is 0.414 e. The van der Waals surface area contributed by atoms with E-state index in [0.29, 0.717) is 12.1 Å². The molecule has 14 nitrogen and oxygen atoms in total. The van der Waals surface area contributed by atoms with Crippen LogP contribution in [0.5, 0.6) is 5.75 Å². The summed E-state index contributed by atoms with van der Waals surface area (Å²) in [5.74, 6) is -6.27. The lowest BCUT2D eigenvalue weighted by atomic mass is 9.83. The van der Waals surface area contributed by atoms with Gasteiger partial charge in [-0.2, -0.15) is 0 Å². The highest BCUT2D eigenvalue weighted by atomic mass is 32.2. The maximum absolute atomic E-state index is 13.8. The number of aliphatic carboxylic acids is 4. The number of carbonyl (C=O) groups excluding carboxylic acids is 1. The molecule has 1 aliphatic carbocycles. The molecule has 272 valence electrons. The molecule has 1 fully saturated rings. The van der Waals surface area contributed by atoms with Crippen molar-refractivity contribution in [2.75, 3.05) is 45.7 Å². The standard InChI is InChI=1S/C30H43N3O2S.2C2H2O4.H2O/c1-29(18-8-5-9-19-29)31-21-11-23-35-25-16-14-24(15-17-25)30(20-10-22-32(2)3)28(34)33(4)26-12-6-7-13-27(26)36-30;2*3-1(4)2(5)6;/h6-7,12-17,31H,5,8-11,18-23H2,1-4H3;2*(H,3,4)(H,5,6);1H2. The molecule has 2 aliphatic rings. The van der Waals surface area contributed by atoms with E-state index in [0.717, 1.165) is 54.2 Å². The Morgan fingerprint density at radius 1 is 0.878 bits per heavy atom. The summed E-state index contributed by atoms with van der Waals surface area (Å²) < 4.78 is 5.44. The van der Waals surface area contributed by atoms with Gasteiger partial charge in [-0.05, 0) is 96.0 Å². The van der Waals surface area contributed by atoms with Gasteiger partial charge >= 0.3 is 23.9 Å². The minimum absolute atomic E-state index is 0. The molecule has 7 N–H and O–H groups in total. The van der Waals surface area contributed by atoms with Crippen molar-refractivity contribution in [3.63, 3.8) is 0 Å². The number of fused-ring (bicyclic) bond motifs is 1. The van der Waals surface area contributed by atoms with Gasteiger partial charge in [-0.15, -0.1) is 11.8 Å². The van der Waals surface area contributed by atoms with Gasteiger partial charge in [0.25, 0.3) is 0 Å². The van der Waals surface area contributed by atoms with Crippen LogP contribution in [-0.4, -0.2) is 107 Å². The van der Waals surface area contributed by atoms with Crippen LogP contribution in [0.15, 0.2) is 53.4 Å². The Labute approximate surface area is 290 Å². The Balaban J connectivity index is 0.000000792. The lowest BCUT2D eigenvalue weighted by Crippen LogP contribution is -2.46. The number of anilines is 1. The van der Waals surface area contributed by atoms with Crippen molar-refractivity contribution in [2.45, 2.75) is 73.5 Å². The first-order chi connectivity index (χ1) is 22.6. The van der Waals surface area contributed by atoms with Crippen LogP contribution in [0.2, 0.25) is 0 Å². The number of carboxylic acids is 4. The molecule has 49 heavy (non-hydrogen) atoms. The number of ether oxygens (including phenoxy) is 1. The summed E-state index contributed by atoms with van der Waals surface area (Å²) in [7, 11) is 6.07. The largest absolute Gasteiger partial charge is 0.494 e. The zero-order valence-corrected chi connectivity index (χ0v) is 29.3. The number of nitrogens with one attached hydrogen (secondary N) is 1. The third-order valence-corrected chi connectivity index (χ3v) is 9.61. The van der Waals surface area contributed by atoms with Crippen molar-refractivity contribution in [1.82, 2.24) is 10.2 Å². The van der Waals surface area contributed by atoms with Gasteiger partial charge < -0.3 is 45.8 Å². The normalized spacial score (nSPS) is 17.6. The molecule has 2 aromatic rings. The van der Waals surface area contributed by atoms with Gasteiger partial charge in [0.1, 0.15) is 10.5 Å². The summed E-state index contributed by atoms with van der Waals surface area (Å²) in [5, 5.41) is 33.3. The molecule has 2 aromatic carbocycles. The van der Waals surface area contributed by atoms with Crippen LogP contribution < -0.4 is 15.0 Å². The number of thioether (sulfide) groups is 1. The molecule has 0 radical (unpaired) electrons. The van der Waals surface area contributed by atoms with Crippen LogP contribution in [0.4, 0.5) is 5.69 Å². The quantitative estimate of drug-likeness (QED) is 0.167. The van der Waals surface area contributed by atoms with Gasteiger partial charge in [0.05, 0.1) is 12.3 Å². The molecule has 0 aromatic heterocycles. The number of benzene rings is 2. The number of nitrogens with zero attached hydrogens (tertiary/aromatic N) is 2. The van der Waals surface area contributed by atoms with E-state index in [1.54, 1.807) is 11.8 Å². The van der Waals surface area contributed by atoms with Crippen molar-refractivity contribution in [2.24, 2.45) is 0 Å². The molecule has 1 heterocycles. The Hall–Kier alpha value is -4.18. The molecule has 0 saturated heterocycles. The summed E-state index contributed by atoms with van der Waals surface area (Å²) >= 11 is 1.71. The van der Waals surface area contributed by atoms with E-state index in [2.05, 4.69) is 55.5 Å². The van der Waals surface area contributed by atoms with E-state index in [4.69, 9.17) is 44.3 Å². The lowest BCUT2D eigenvalue weighted by molar-refractivity contribution is -0.159. The van der Waals surface area contributed by atoms with E-state index >= 15 is 0 Å². The van der Waals surface area contributed by atoms with E-state index in [1.165, 1.54) is 32.1 Å². The summed E-state index contributed by atoms with van der Waals surface area (Å²) in [5.41, 5.74) is 2.35. The van der Waals surface area contributed by atoms with Crippen LogP contribution in [0, 0.1) is 0 Å². The van der Waals surface area contributed by atoms with Crippen LogP contribution in [-0.2, 0) is 28.7 Å². The number of carbonyl (C=O) groups is 5. The van der Waals surface area contributed by atoms with E-state index in [-0.39, 0.29) is 11.4 Å². The van der Waals surface area contributed by atoms with Crippen LogP contribution in [0.1, 0.15) is 63.9 Å². The molecular formula is C34H49N3O11S. The number of carboxylic acid groups (broad SMARTS) is 4. The zero-order valence-electron chi connectivity index (χ0n) is 28.4. The molecule has 1 saturated carbocycles. The Morgan fingerprint density at radius 2 is 1.43 bits per heavy atom. The minimum atomic E-state index is -1.82. The summed E-state index contributed by atoms with van der Waals surface area (Å²) in [6.07, 6.45) is 9.34. The monoisotopic (exact) mass is 707 g/mol. The van der Waals surface area contributed by atoms with Crippen molar-refractivity contribution >= 4 is 47.2 Å². The number of likely N-dealkylation sites (N-methyl/N-ethyl adjacent to an activating group) is 1. The molecule has 0 bridgehead atoms. The summed E-state index contributed by atoms with van der Waals surface area (Å²) in [4.78, 5) is 55.4. The fourth-order valence-corrected chi connectivity index (χ4v) is 7.10. The average molecular weight is 708 g/mol. The first kappa shape index (κ1) is 42.8. The van der Waals surface area contributed by atoms with Gasteiger partial charge in [0.15, 0.2) is 0 Å². The molecule has 1 aliphatic heterocycles. The number of rotatable bonds is 11. The third-order valence-electron chi connectivity index (χ3n) is 8.08. The topological polar surface area (TPSA) is 226 Å². The highest BCUT2D eigenvalue weighted by Crippen LogP contribution is 2.53. The van der Waals surface area contributed by atoms with Crippen molar-refractivity contribution < 1.29 is 54.6 Å². The van der Waals surface area contributed by atoms with Crippen LogP contribution >= 0.6 is 11.8 Å². The number of hydrogen-bond acceptors (Lipinski definition) is 9. The van der Waals surface area contributed by atoms with Crippen molar-refractivity contribution in [3.8, 4) is 5.75 Å². The van der Waals surface area contributed by atoms with Crippen LogP contribution in [0.3, 0.4) is 0 Å². The second-order valence-electron chi connectivity index (χ2n) is 12.2. The summed E-state index contributed by atoms with van der Waals surface area (Å²) in [6.45, 7) is 5.00. The van der Waals surface area contributed by atoms with Crippen molar-refractivity contribution in [1.29, 1.82) is 0 Å². The highest BCUT2D eigenvalue weighted by molar-refractivity contribution is 8.01. The number of para-hydroxylation sites is 1. The fraction of sp³-hybridized carbons (Fsp3) is 0.500. The molecule has 0 spiro atoms. The molecule has 4 rings (SSSR count). The second kappa shape index (κ2) is 20.4. The third kappa shape index (κ3) is 13.3. The second-order valence-corrected chi connectivity index (χ2v) is 13.5. The van der Waals surface area contributed by atoms with Gasteiger partial charge in [-0.3, -0.25) is 4.79 Å². The molecule has 15 heteroatoms. The Bertz CT molecular complexity index is 1350. The maximum Gasteiger partial charge on any atom is 0.414 e. The Kier molecular flexibility index (Phi) is 17.8. The molecule has 1 amide bonds. The highest BCUT2D eigenvalue weighted by Gasteiger charge is 2.47. The van der Waals surface area contributed by atoms with Crippen molar-refractivity contribution in [3.05, 3.63) is 54.1 Å². The first-order valence-corrected chi connectivity index (χ1v) is 16.6. The number of amides is 1. The minimum Gasteiger partial charge on any atom is -0.494 e.